The Hall–Kier alpha value is -5.89. The van der Waals surface area contributed by atoms with Crippen molar-refractivity contribution in [3.05, 3.63) is 82.8 Å². The van der Waals surface area contributed by atoms with Gasteiger partial charge in [0.1, 0.15) is 30.0 Å². The molecule has 4 aliphatic heterocycles. The van der Waals surface area contributed by atoms with Crippen molar-refractivity contribution < 1.29 is 33.4 Å². The third kappa shape index (κ3) is 11.8. The average Bonchev–Trinajstić information content (AvgIpc) is 4.01. The highest BCUT2D eigenvalue weighted by molar-refractivity contribution is 6.76. The van der Waals surface area contributed by atoms with E-state index in [0.29, 0.717) is 48.0 Å². The number of imide groups is 1. The van der Waals surface area contributed by atoms with Gasteiger partial charge in [-0.3, -0.25) is 29.0 Å². The molecule has 1 aromatic carbocycles. The predicted octanol–water partition coefficient (Wildman–Crippen LogP) is 8.85. The van der Waals surface area contributed by atoms with E-state index in [0.717, 1.165) is 105 Å². The number of unbranched alkanes of at least 4 members (excludes halogenated alkanes) is 2. The lowest BCUT2D eigenvalue weighted by Gasteiger charge is -2.35. The number of aromatic nitrogens is 3. The number of nitrogens with one attached hydrogen (secondary N) is 1. The number of carbonyl (C=O) groups excluding carboxylic acids is 5. The first-order valence-electron chi connectivity index (χ1n) is 24.7. The summed E-state index contributed by atoms with van der Waals surface area (Å²) < 4.78 is 13.2. The van der Waals surface area contributed by atoms with Crippen molar-refractivity contribution in [1.29, 1.82) is 0 Å². The van der Waals surface area contributed by atoms with Crippen molar-refractivity contribution in [2.24, 2.45) is 5.92 Å². The lowest BCUT2D eigenvalue weighted by molar-refractivity contribution is -0.158. The number of likely N-dealkylation sites (tertiary alicyclic amines) is 2. The summed E-state index contributed by atoms with van der Waals surface area (Å²) in [6.07, 6.45) is 11.4. The number of benzene rings is 1. The monoisotopic (exact) mass is 956 g/mol. The maximum atomic E-state index is 13.6. The third-order valence-electron chi connectivity index (χ3n) is 13.8. The highest BCUT2D eigenvalue weighted by atomic mass is 28.3. The number of carbonyl (C=O) groups is 5. The van der Waals surface area contributed by atoms with Crippen LogP contribution in [0.5, 0.6) is 0 Å². The first kappa shape index (κ1) is 49.5. The highest BCUT2D eigenvalue weighted by Crippen LogP contribution is 2.36. The Morgan fingerprint density at radius 3 is 2.43 bits per heavy atom. The summed E-state index contributed by atoms with van der Waals surface area (Å²) in [4.78, 5) is 83.3. The molecule has 0 saturated carbocycles. The van der Waals surface area contributed by atoms with Crippen molar-refractivity contribution in [2.45, 2.75) is 135 Å². The summed E-state index contributed by atoms with van der Waals surface area (Å²) in [7, 11) is 0.746. The van der Waals surface area contributed by atoms with Crippen LogP contribution in [0.25, 0.3) is 10.9 Å². The fourth-order valence-corrected chi connectivity index (χ4v) is 10.6. The fourth-order valence-electron chi connectivity index (χ4n) is 9.89. The highest BCUT2D eigenvalue weighted by Gasteiger charge is 2.43. The molecule has 0 bridgehead atoms. The molecule has 4 aromatic rings. The van der Waals surface area contributed by atoms with E-state index in [1.165, 1.54) is 4.90 Å². The number of nitrogens with zero attached hydrogens (tertiary/aromatic N) is 7. The predicted molar refractivity (Wildman–Crippen MR) is 269 cm³/mol. The van der Waals surface area contributed by atoms with Gasteiger partial charge in [-0.15, -0.1) is 0 Å². The number of anilines is 2. The average molecular weight is 957 g/mol. The van der Waals surface area contributed by atoms with Gasteiger partial charge < -0.3 is 24.6 Å². The second-order valence-electron chi connectivity index (χ2n) is 21.3. The van der Waals surface area contributed by atoms with Crippen LogP contribution >= 0.6 is 0 Å². The quantitative estimate of drug-likeness (QED) is 0.0557. The fraction of sp³-hybridized carbons (Fsp3) is 0.528. The number of amides is 4. The molecule has 366 valence electrons. The van der Waals surface area contributed by atoms with E-state index in [2.05, 4.69) is 63.6 Å². The Kier molecular flexibility index (Phi) is 15.1. The van der Waals surface area contributed by atoms with Gasteiger partial charge in [0, 0.05) is 87.8 Å². The maximum Gasteiger partial charge on any atom is 0.419 e. The second kappa shape index (κ2) is 21.0. The normalized spacial score (nSPS) is 19.3. The minimum Gasteiger partial charge on any atom is -0.443 e. The number of piperidine rings is 2. The number of hydrogen-bond donors (Lipinski definition) is 1. The summed E-state index contributed by atoms with van der Waals surface area (Å²) in [6.45, 7) is 15.8. The summed E-state index contributed by atoms with van der Waals surface area (Å²) in [5.74, 6) is 7.32. The first-order chi connectivity index (χ1) is 32.9. The van der Waals surface area contributed by atoms with Crippen LogP contribution in [-0.4, -0.2) is 119 Å². The van der Waals surface area contributed by atoms with Crippen LogP contribution in [0.2, 0.25) is 25.7 Å². The van der Waals surface area contributed by atoms with Gasteiger partial charge in [-0.2, -0.15) is 0 Å². The molecule has 3 fully saturated rings. The van der Waals surface area contributed by atoms with Crippen LogP contribution in [0.3, 0.4) is 0 Å². The van der Waals surface area contributed by atoms with Gasteiger partial charge in [-0.25, -0.2) is 19.3 Å². The number of fused-ring (bicyclic) bond motifs is 2. The van der Waals surface area contributed by atoms with Gasteiger partial charge >= 0.3 is 6.09 Å². The molecule has 8 rings (SSSR count). The third-order valence-corrected chi connectivity index (χ3v) is 15.5. The molecule has 16 heteroatoms. The molecule has 2 atom stereocenters. The summed E-state index contributed by atoms with van der Waals surface area (Å²) in [6, 6.07) is 13.3. The minimum atomic E-state index is -1.32. The zero-order valence-electron chi connectivity index (χ0n) is 41.4. The Labute approximate surface area is 407 Å². The summed E-state index contributed by atoms with van der Waals surface area (Å²) in [5, 5.41) is 3.71. The number of hydrogen-bond acceptors (Lipinski definition) is 11. The van der Waals surface area contributed by atoms with E-state index >= 15 is 0 Å². The molecular formula is C53H68N8O7Si. The van der Waals surface area contributed by atoms with Crippen molar-refractivity contribution in [1.82, 2.24) is 29.2 Å². The van der Waals surface area contributed by atoms with Gasteiger partial charge in [0.05, 0.1) is 17.1 Å². The SMILES string of the molecule is CN1CCC[C@@H]1c1cc2cnc(NC(=O)c3ccc(N4CCC(CCCCC#Cc5cccc6c5CN(C5CCC(=O)N(COCC[Si](C)(C)C)C5=O)C6=O)CC4)nc3)cc2n1C(=O)OC(C)(C)C. The van der Waals surface area contributed by atoms with Gasteiger partial charge in [-0.1, -0.05) is 50.4 Å². The lowest BCUT2D eigenvalue weighted by Crippen LogP contribution is -2.55. The molecule has 0 spiro atoms. The van der Waals surface area contributed by atoms with Crippen LogP contribution in [0.15, 0.2) is 54.9 Å². The number of rotatable bonds is 14. The van der Waals surface area contributed by atoms with Crippen molar-refractivity contribution >= 4 is 60.3 Å². The topological polar surface area (TPSA) is 160 Å². The van der Waals surface area contributed by atoms with Crippen LogP contribution in [-0.2, 0) is 25.6 Å². The standard InChI is InChI=1S/C53H68N8O7Si/c1-53(2,3)68-52(66)61-44-31-46(54-33-39(44)30-45(61)42-18-13-25-57(42)4)56-49(63)38-19-21-47(55-32-38)58-26-23-36(24-27-58)14-10-8-9-11-15-37-16-12-17-40-41(37)34-59(50(40)64)43-20-22-48(62)60(51(43)65)35-67-28-29-69(5,6)7/h12,16-17,19,21,30-33,36,42-43H,8-10,13-14,18,20,22-29,34-35H2,1-7H3,(H,54,56,63)/t42-,43?/m1/s1. The van der Waals surface area contributed by atoms with E-state index in [4.69, 9.17) is 9.47 Å². The van der Waals surface area contributed by atoms with E-state index in [9.17, 15) is 24.0 Å². The molecule has 15 nitrogen and oxygen atoms in total. The molecule has 1 N–H and O–H groups in total. The largest absolute Gasteiger partial charge is 0.443 e. The van der Waals surface area contributed by atoms with Crippen LogP contribution in [0.4, 0.5) is 16.4 Å². The Balaban J connectivity index is 0.785. The van der Waals surface area contributed by atoms with E-state index in [-0.39, 0.29) is 42.8 Å². The minimum absolute atomic E-state index is 0.0741. The number of ether oxygens (including phenoxy) is 2. The van der Waals surface area contributed by atoms with Gasteiger partial charge in [0.15, 0.2) is 0 Å². The molecule has 7 heterocycles. The van der Waals surface area contributed by atoms with Gasteiger partial charge in [0.25, 0.3) is 17.7 Å². The van der Waals surface area contributed by atoms with Crippen molar-refractivity contribution in [3.8, 4) is 11.8 Å². The first-order valence-corrected chi connectivity index (χ1v) is 28.5. The molecular weight excluding hydrogens is 889 g/mol. The van der Waals surface area contributed by atoms with E-state index in [1.807, 2.05) is 45.0 Å². The molecule has 0 aliphatic carbocycles. The smallest absolute Gasteiger partial charge is 0.419 e. The molecule has 3 saturated heterocycles. The maximum absolute atomic E-state index is 13.6. The van der Waals surface area contributed by atoms with Crippen LogP contribution in [0.1, 0.15) is 129 Å². The van der Waals surface area contributed by atoms with E-state index in [1.54, 1.807) is 40.1 Å². The second-order valence-corrected chi connectivity index (χ2v) is 26.9. The zero-order valence-corrected chi connectivity index (χ0v) is 42.4. The molecule has 0 radical (unpaired) electrons. The molecule has 4 aliphatic rings. The molecule has 69 heavy (non-hydrogen) atoms. The summed E-state index contributed by atoms with van der Waals surface area (Å²) >= 11 is 0. The van der Waals surface area contributed by atoms with Crippen LogP contribution in [0, 0.1) is 17.8 Å². The molecule has 3 aromatic heterocycles. The zero-order chi connectivity index (χ0) is 49.0. The Morgan fingerprint density at radius 1 is 0.928 bits per heavy atom. The van der Waals surface area contributed by atoms with Gasteiger partial charge in [-0.05, 0) is 121 Å². The molecule has 4 amide bonds. The van der Waals surface area contributed by atoms with Crippen LogP contribution < -0.4 is 10.2 Å². The Morgan fingerprint density at radius 2 is 1.72 bits per heavy atom. The lowest BCUT2D eigenvalue weighted by atomic mass is 9.91. The van der Waals surface area contributed by atoms with Crippen molar-refractivity contribution in [2.75, 3.05) is 50.2 Å². The summed E-state index contributed by atoms with van der Waals surface area (Å²) in [5.41, 5.74) is 3.46. The number of pyridine rings is 2. The Bertz CT molecular complexity index is 2630. The van der Waals surface area contributed by atoms with Gasteiger partial charge in [0.2, 0.25) is 5.91 Å². The molecule has 1 unspecified atom stereocenters. The van der Waals surface area contributed by atoms with E-state index < -0.39 is 25.8 Å². The van der Waals surface area contributed by atoms with Crippen molar-refractivity contribution in [3.63, 3.8) is 0 Å².